The van der Waals surface area contributed by atoms with E-state index in [9.17, 15) is 4.79 Å². The first-order valence-electron chi connectivity index (χ1n) is 7.68. The quantitative estimate of drug-likeness (QED) is 0.610. The highest BCUT2D eigenvalue weighted by atomic mass is 32.3. The summed E-state index contributed by atoms with van der Waals surface area (Å²) in [6.07, 6.45) is 9.27. The van der Waals surface area contributed by atoms with Crippen LogP contribution in [0.25, 0.3) is 0 Å². The first-order chi connectivity index (χ1) is 9.33. The zero-order valence-electron chi connectivity index (χ0n) is 15.2. The molecule has 1 amide bonds. The van der Waals surface area contributed by atoms with E-state index in [2.05, 4.69) is 50.2 Å². The number of amides is 1. The van der Waals surface area contributed by atoms with Crippen LogP contribution in [0, 0.1) is 0 Å². The monoisotopic (exact) mass is 320 g/mol. The lowest BCUT2D eigenvalue weighted by molar-refractivity contribution is -0.126. The molecule has 0 radical (unpaired) electrons. The molecule has 0 saturated carbocycles. The average Bonchev–Trinajstić information content (AvgIpc) is 2.31. The van der Waals surface area contributed by atoms with Crippen LogP contribution in [-0.2, 0) is 4.79 Å². The van der Waals surface area contributed by atoms with Crippen molar-refractivity contribution in [3.8, 4) is 0 Å². The predicted octanol–water partition coefficient (Wildman–Crippen LogP) is 2.10. The van der Waals surface area contributed by atoms with E-state index in [4.69, 9.17) is 5.11 Å². The van der Waals surface area contributed by atoms with Crippen LogP contribution in [0.3, 0.4) is 0 Å². The van der Waals surface area contributed by atoms with Crippen LogP contribution in [-0.4, -0.2) is 59.3 Å². The van der Waals surface area contributed by atoms with E-state index in [1.807, 2.05) is 13.8 Å². The van der Waals surface area contributed by atoms with Crippen molar-refractivity contribution in [1.29, 1.82) is 0 Å². The van der Waals surface area contributed by atoms with Gasteiger partial charge in [0.25, 0.3) is 0 Å². The third-order valence-corrected chi connectivity index (χ3v) is 7.93. The minimum atomic E-state index is -0.618. The Labute approximate surface area is 132 Å². The molecule has 0 heterocycles. The highest BCUT2D eigenvalue weighted by molar-refractivity contribution is 8.33. The summed E-state index contributed by atoms with van der Waals surface area (Å²) < 4.78 is 0.340. The van der Waals surface area contributed by atoms with Gasteiger partial charge in [-0.15, -0.1) is 0 Å². The van der Waals surface area contributed by atoms with Crippen molar-refractivity contribution in [2.24, 2.45) is 0 Å². The molecule has 0 aliphatic carbocycles. The van der Waals surface area contributed by atoms with Gasteiger partial charge in [-0.05, 0) is 57.1 Å². The first-order valence-corrected chi connectivity index (χ1v) is 10.5. The summed E-state index contributed by atoms with van der Waals surface area (Å²) in [5, 5.41) is 14.9. The normalized spacial score (nSPS) is 15.7. The van der Waals surface area contributed by atoms with Crippen LogP contribution in [0.15, 0.2) is 0 Å². The summed E-state index contributed by atoms with van der Waals surface area (Å²) >= 11 is 0. The SMILES string of the molecule is CC(CCC(C)(C)S(C)(C)C)NC(C)(C)C(=O)NCCO. The Kier molecular flexibility index (Phi) is 7.74. The van der Waals surface area contributed by atoms with E-state index in [1.54, 1.807) is 0 Å². The minimum absolute atomic E-state index is 0.0279. The predicted molar refractivity (Wildman–Crippen MR) is 95.4 cm³/mol. The standard InChI is InChI=1S/C16H36N2O2S/c1-13(9-10-15(2,3)21(6,7)8)18-16(4,5)14(20)17-11-12-19/h13,18-19H,9-12H2,1-8H3,(H,17,20). The molecule has 0 fully saturated rings. The molecule has 0 aliphatic rings. The molecular formula is C16H36N2O2S. The fourth-order valence-corrected chi connectivity index (χ4v) is 2.74. The van der Waals surface area contributed by atoms with Crippen LogP contribution >= 0.6 is 10.0 Å². The van der Waals surface area contributed by atoms with Crippen molar-refractivity contribution in [3.05, 3.63) is 0 Å². The van der Waals surface area contributed by atoms with Crippen LogP contribution in [0.5, 0.6) is 0 Å². The van der Waals surface area contributed by atoms with Crippen LogP contribution in [0.4, 0.5) is 0 Å². The molecule has 0 aromatic carbocycles. The molecule has 0 aliphatic heterocycles. The van der Waals surface area contributed by atoms with E-state index < -0.39 is 15.6 Å². The highest BCUT2D eigenvalue weighted by Crippen LogP contribution is 2.52. The van der Waals surface area contributed by atoms with Crippen molar-refractivity contribution >= 4 is 15.9 Å². The maximum absolute atomic E-state index is 12.0. The van der Waals surface area contributed by atoms with E-state index in [-0.39, 0.29) is 18.6 Å². The van der Waals surface area contributed by atoms with E-state index >= 15 is 0 Å². The Morgan fingerprint density at radius 2 is 1.71 bits per heavy atom. The van der Waals surface area contributed by atoms with Gasteiger partial charge in [-0.25, -0.2) is 10.0 Å². The molecule has 0 aromatic heterocycles. The Morgan fingerprint density at radius 1 is 1.19 bits per heavy atom. The molecule has 0 aromatic rings. The van der Waals surface area contributed by atoms with Gasteiger partial charge in [0.1, 0.15) is 0 Å². The zero-order valence-corrected chi connectivity index (χ0v) is 16.0. The number of nitrogens with one attached hydrogen (secondary N) is 2. The Balaban J connectivity index is 4.43. The maximum Gasteiger partial charge on any atom is 0.239 e. The molecule has 0 rings (SSSR count). The summed E-state index contributed by atoms with van der Waals surface area (Å²) in [5.74, 6) is -0.0656. The number of rotatable bonds is 9. The van der Waals surface area contributed by atoms with E-state index in [0.29, 0.717) is 11.3 Å². The third-order valence-electron chi connectivity index (χ3n) is 4.41. The van der Waals surface area contributed by atoms with Crippen LogP contribution in [0.1, 0.15) is 47.5 Å². The molecule has 1 unspecified atom stereocenters. The summed E-state index contributed by atoms with van der Waals surface area (Å²) in [6, 6.07) is 0.279. The van der Waals surface area contributed by atoms with Gasteiger partial charge in [0.05, 0.1) is 12.1 Å². The lowest BCUT2D eigenvalue weighted by atomic mass is 9.98. The Hall–Kier alpha value is -0.260. The van der Waals surface area contributed by atoms with Gasteiger partial charge in [-0.1, -0.05) is 13.8 Å². The van der Waals surface area contributed by atoms with Gasteiger partial charge in [0, 0.05) is 12.6 Å². The molecule has 1 atom stereocenters. The van der Waals surface area contributed by atoms with Crippen LogP contribution in [0.2, 0.25) is 0 Å². The number of carbonyl (C=O) groups excluding carboxylic acids is 1. The lowest BCUT2D eigenvalue weighted by Gasteiger charge is -2.44. The van der Waals surface area contributed by atoms with Gasteiger partial charge >= 0.3 is 0 Å². The van der Waals surface area contributed by atoms with Crippen molar-refractivity contribution in [3.63, 3.8) is 0 Å². The molecule has 0 saturated heterocycles. The molecule has 5 heteroatoms. The van der Waals surface area contributed by atoms with Crippen molar-refractivity contribution < 1.29 is 9.90 Å². The zero-order chi connectivity index (χ0) is 16.9. The van der Waals surface area contributed by atoms with Crippen LogP contribution < -0.4 is 10.6 Å². The van der Waals surface area contributed by atoms with Gasteiger partial charge in [0.2, 0.25) is 5.91 Å². The number of aliphatic hydroxyl groups excluding tert-OH is 1. The summed E-state index contributed by atoms with van der Waals surface area (Å²) in [4.78, 5) is 12.0. The summed E-state index contributed by atoms with van der Waals surface area (Å²) in [5.41, 5.74) is -0.618. The van der Waals surface area contributed by atoms with Crippen molar-refractivity contribution in [2.75, 3.05) is 31.9 Å². The maximum atomic E-state index is 12.0. The second-order valence-electron chi connectivity index (χ2n) is 7.79. The number of hydrogen-bond donors (Lipinski definition) is 3. The fraction of sp³-hybridized carbons (Fsp3) is 0.938. The van der Waals surface area contributed by atoms with E-state index in [1.165, 1.54) is 0 Å². The summed E-state index contributed by atoms with van der Waals surface area (Å²) in [6.45, 7) is 10.9. The molecular weight excluding hydrogens is 284 g/mol. The number of hydrogen-bond acceptors (Lipinski definition) is 3. The smallest absolute Gasteiger partial charge is 0.239 e. The van der Waals surface area contributed by atoms with Crippen molar-refractivity contribution in [2.45, 2.75) is 63.8 Å². The Morgan fingerprint density at radius 3 is 2.14 bits per heavy atom. The van der Waals surface area contributed by atoms with E-state index in [0.717, 1.165) is 12.8 Å². The van der Waals surface area contributed by atoms with Gasteiger partial charge in [-0.3, -0.25) is 4.79 Å². The topological polar surface area (TPSA) is 61.4 Å². The molecule has 0 bridgehead atoms. The second kappa shape index (κ2) is 7.84. The largest absolute Gasteiger partial charge is 0.395 e. The number of carbonyl (C=O) groups is 1. The number of aliphatic hydroxyl groups is 1. The summed E-state index contributed by atoms with van der Waals surface area (Å²) in [7, 11) is -0.605. The highest BCUT2D eigenvalue weighted by Gasteiger charge is 2.31. The van der Waals surface area contributed by atoms with Gasteiger partial charge in [-0.2, -0.15) is 0 Å². The van der Waals surface area contributed by atoms with Crippen molar-refractivity contribution in [1.82, 2.24) is 10.6 Å². The molecule has 128 valence electrons. The van der Waals surface area contributed by atoms with Gasteiger partial charge in [0.15, 0.2) is 0 Å². The molecule has 3 N–H and O–H groups in total. The van der Waals surface area contributed by atoms with Gasteiger partial charge < -0.3 is 15.7 Å². The third kappa shape index (κ3) is 7.02. The molecule has 4 nitrogen and oxygen atoms in total. The molecule has 21 heavy (non-hydrogen) atoms. The first kappa shape index (κ1) is 20.7. The lowest BCUT2D eigenvalue weighted by Crippen LogP contribution is -2.56. The molecule has 0 spiro atoms. The Bertz CT molecular complexity index is 336. The second-order valence-corrected chi connectivity index (χ2v) is 12.6. The minimum Gasteiger partial charge on any atom is -0.395 e. The fourth-order valence-electron chi connectivity index (χ4n) is 2.01. The average molecular weight is 321 g/mol.